The Bertz CT molecular complexity index is 706. The van der Waals surface area contributed by atoms with Crippen molar-refractivity contribution < 1.29 is 14.1 Å². The summed E-state index contributed by atoms with van der Waals surface area (Å²) in [5.74, 6) is -1.35. The Kier molecular flexibility index (Phi) is 4.07. The molecule has 0 radical (unpaired) electrons. The molecule has 0 bridgehead atoms. The van der Waals surface area contributed by atoms with Gasteiger partial charge in [0.1, 0.15) is 0 Å². The highest BCUT2D eigenvalue weighted by molar-refractivity contribution is 6.08. The quantitative estimate of drug-likeness (QED) is 0.665. The monoisotopic (exact) mass is 290 g/mol. The van der Waals surface area contributed by atoms with E-state index >= 15 is 0 Å². The zero-order chi connectivity index (χ0) is 15.4. The molecule has 0 aliphatic rings. The van der Waals surface area contributed by atoms with Crippen molar-refractivity contribution in [2.75, 3.05) is 17.7 Å². The molecule has 2 N–H and O–H groups in total. The first-order chi connectivity index (χ1) is 10.0. The van der Waals surface area contributed by atoms with Crippen LogP contribution in [0.25, 0.3) is 0 Å². The maximum absolute atomic E-state index is 13.5. The van der Waals surface area contributed by atoms with Crippen molar-refractivity contribution in [3.63, 3.8) is 0 Å². The van der Waals surface area contributed by atoms with E-state index < -0.39 is 16.6 Å². The fraction of sp³-hybridized carbons (Fsp3) is 0.0769. The van der Waals surface area contributed by atoms with Crippen molar-refractivity contribution >= 4 is 23.0 Å². The number of anilines is 2. The maximum Gasteiger partial charge on any atom is 0.270 e. The normalized spacial score (nSPS) is 10.0. The molecule has 1 aromatic carbocycles. The lowest BCUT2D eigenvalue weighted by Crippen LogP contribution is -2.15. The first-order valence-corrected chi connectivity index (χ1v) is 5.90. The predicted octanol–water partition coefficient (Wildman–Crippen LogP) is 2.42. The van der Waals surface area contributed by atoms with Gasteiger partial charge in [0.15, 0.2) is 5.82 Å². The zero-order valence-corrected chi connectivity index (χ0v) is 11.0. The van der Waals surface area contributed by atoms with Gasteiger partial charge in [0, 0.05) is 31.1 Å². The van der Waals surface area contributed by atoms with Crippen LogP contribution in [0.4, 0.5) is 21.5 Å². The van der Waals surface area contributed by atoms with Gasteiger partial charge >= 0.3 is 0 Å². The third-order valence-electron chi connectivity index (χ3n) is 2.75. The highest BCUT2D eigenvalue weighted by atomic mass is 19.1. The summed E-state index contributed by atoms with van der Waals surface area (Å²) in [5.41, 5.74) is 0.161. The number of nitrogens with zero attached hydrogens (tertiary/aromatic N) is 2. The smallest absolute Gasteiger partial charge is 0.270 e. The molecular weight excluding hydrogens is 279 g/mol. The number of nitrogens with one attached hydrogen (secondary N) is 2. The SMILES string of the molecule is CNc1ccc([N+](=O)[O-])cc1C(=O)Nc1ccncc1F. The van der Waals surface area contributed by atoms with Gasteiger partial charge in [-0.1, -0.05) is 0 Å². The number of hydrogen-bond donors (Lipinski definition) is 2. The number of nitro groups is 1. The molecule has 0 fully saturated rings. The van der Waals surface area contributed by atoms with Gasteiger partial charge in [0.25, 0.3) is 11.6 Å². The van der Waals surface area contributed by atoms with Crippen molar-refractivity contribution in [2.45, 2.75) is 0 Å². The van der Waals surface area contributed by atoms with Crippen LogP contribution in [0.5, 0.6) is 0 Å². The van der Waals surface area contributed by atoms with Gasteiger partial charge in [-0.15, -0.1) is 0 Å². The molecule has 108 valence electrons. The van der Waals surface area contributed by atoms with E-state index in [9.17, 15) is 19.3 Å². The van der Waals surface area contributed by atoms with Gasteiger partial charge in [-0.2, -0.15) is 0 Å². The van der Waals surface area contributed by atoms with Crippen molar-refractivity contribution in [2.24, 2.45) is 0 Å². The van der Waals surface area contributed by atoms with Crippen LogP contribution in [0.3, 0.4) is 0 Å². The highest BCUT2D eigenvalue weighted by Gasteiger charge is 2.17. The van der Waals surface area contributed by atoms with Crippen molar-refractivity contribution in [1.29, 1.82) is 0 Å². The molecule has 0 atom stereocenters. The minimum atomic E-state index is -0.692. The van der Waals surface area contributed by atoms with Crippen LogP contribution >= 0.6 is 0 Å². The molecule has 1 aromatic heterocycles. The first kappa shape index (κ1) is 14.4. The van der Waals surface area contributed by atoms with Gasteiger partial charge in [-0.05, 0) is 12.1 Å². The Morgan fingerprint density at radius 3 is 2.71 bits per heavy atom. The molecule has 0 saturated heterocycles. The number of hydrogen-bond acceptors (Lipinski definition) is 5. The second kappa shape index (κ2) is 5.95. The van der Waals surface area contributed by atoms with E-state index in [0.29, 0.717) is 5.69 Å². The molecule has 2 aromatic rings. The van der Waals surface area contributed by atoms with Crippen LogP contribution in [0.1, 0.15) is 10.4 Å². The average Bonchev–Trinajstić information content (AvgIpc) is 2.48. The minimum Gasteiger partial charge on any atom is -0.387 e. The number of carbonyl (C=O) groups is 1. The Morgan fingerprint density at radius 2 is 2.10 bits per heavy atom. The Labute approximate surface area is 119 Å². The molecule has 0 unspecified atom stereocenters. The Hall–Kier alpha value is -3.03. The van der Waals surface area contributed by atoms with Crippen LogP contribution < -0.4 is 10.6 Å². The van der Waals surface area contributed by atoms with Gasteiger partial charge in [-0.3, -0.25) is 19.9 Å². The van der Waals surface area contributed by atoms with Crippen LogP contribution in [0, 0.1) is 15.9 Å². The van der Waals surface area contributed by atoms with E-state index in [4.69, 9.17) is 0 Å². The fourth-order valence-corrected chi connectivity index (χ4v) is 1.72. The Balaban J connectivity index is 2.36. The molecule has 0 aliphatic heterocycles. The number of carbonyl (C=O) groups excluding carboxylic acids is 1. The van der Waals surface area contributed by atoms with Crippen LogP contribution in [-0.2, 0) is 0 Å². The van der Waals surface area contributed by atoms with E-state index in [0.717, 1.165) is 12.3 Å². The molecule has 8 heteroatoms. The number of rotatable bonds is 4. The largest absolute Gasteiger partial charge is 0.387 e. The summed E-state index contributed by atoms with van der Waals surface area (Å²) >= 11 is 0. The second-order valence-corrected chi connectivity index (χ2v) is 4.05. The topological polar surface area (TPSA) is 97.2 Å². The van der Waals surface area contributed by atoms with Crippen LogP contribution in [0.15, 0.2) is 36.7 Å². The predicted molar refractivity (Wildman–Crippen MR) is 74.8 cm³/mol. The summed E-state index contributed by atoms with van der Waals surface area (Å²) in [6.07, 6.45) is 2.28. The molecule has 0 spiro atoms. The van der Waals surface area contributed by atoms with Crippen molar-refractivity contribution in [3.8, 4) is 0 Å². The summed E-state index contributed by atoms with van der Waals surface area (Å²) in [6.45, 7) is 0. The van der Waals surface area contributed by atoms with Gasteiger partial charge < -0.3 is 10.6 Å². The lowest BCUT2D eigenvalue weighted by Gasteiger charge is -2.10. The summed E-state index contributed by atoms with van der Waals surface area (Å²) < 4.78 is 13.5. The number of benzene rings is 1. The van der Waals surface area contributed by atoms with E-state index in [-0.39, 0.29) is 16.9 Å². The van der Waals surface area contributed by atoms with E-state index in [1.54, 1.807) is 7.05 Å². The molecule has 1 heterocycles. The van der Waals surface area contributed by atoms with E-state index in [1.807, 2.05) is 0 Å². The van der Waals surface area contributed by atoms with Gasteiger partial charge in [0.05, 0.1) is 22.4 Å². The molecule has 7 nitrogen and oxygen atoms in total. The highest BCUT2D eigenvalue weighted by Crippen LogP contribution is 2.23. The minimum absolute atomic E-state index is 0.0444. The molecule has 0 aliphatic carbocycles. The fourth-order valence-electron chi connectivity index (χ4n) is 1.72. The molecule has 1 amide bonds. The number of halogens is 1. The van der Waals surface area contributed by atoms with Crippen molar-refractivity contribution in [3.05, 3.63) is 58.2 Å². The number of aromatic nitrogens is 1. The van der Waals surface area contributed by atoms with Gasteiger partial charge in [-0.25, -0.2) is 4.39 Å². The summed E-state index contributed by atoms with van der Waals surface area (Å²) in [5, 5.41) is 15.9. The van der Waals surface area contributed by atoms with E-state index in [1.165, 1.54) is 24.4 Å². The third-order valence-corrected chi connectivity index (χ3v) is 2.75. The zero-order valence-electron chi connectivity index (χ0n) is 11.0. The van der Waals surface area contributed by atoms with Gasteiger partial charge in [0.2, 0.25) is 0 Å². The number of amides is 1. The first-order valence-electron chi connectivity index (χ1n) is 5.90. The number of non-ortho nitro benzene ring substituents is 1. The molecule has 21 heavy (non-hydrogen) atoms. The molecule has 0 saturated carbocycles. The number of nitro benzene ring substituents is 1. The maximum atomic E-state index is 13.5. The lowest BCUT2D eigenvalue weighted by molar-refractivity contribution is -0.384. The average molecular weight is 290 g/mol. The number of pyridine rings is 1. The van der Waals surface area contributed by atoms with E-state index in [2.05, 4.69) is 15.6 Å². The van der Waals surface area contributed by atoms with Crippen LogP contribution in [-0.4, -0.2) is 22.9 Å². The molecule has 2 rings (SSSR count). The molecular formula is C13H11FN4O3. The second-order valence-electron chi connectivity index (χ2n) is 4.05. The standard InChI is InChI=1S/C13H11FN4O3/c1-15-11-3-2-8(18(20)21)6-9(11)13(19)17-12-4-5-16-7-10(12)14/h2-7,15H,1H3,(H,16,17,19). The van der Waals surface area contributed by atoms with Crippen LogP contribution in [0.2, 0.25) is 0 Å². The summed E-state index contributed by atoms with van der Waals surface area (Å²) in [6, 6.07) is 5.11. The Morgan fingerprint density at radius 1 is 1.33 bits per heavy atom. The van der Waals surface area contributed by atoms with Crippen molar-refractivity contribution in [1.82, 2.24) is 4.98 Å². The summed E-state index contributed by atoms with van der Waals surface area (Å²) in [4.78, 5) is 25.9. The lowest BCUT2D eigenvalue weighted by atomic mass is 10.1. The third kappa shape index (κ3) is 3.11. The summed E-state index contributed by atoms with van der Waals surface area (Å²) in [7, 11) is 1.57.